The zero-order valence-electron chi connectivity index (χ0n) is 22.5. The SMILES string of the molecule is CCCC(NC(=O)c1ccc(N2CCC(C3CCN(C(=O)OC(C)(C)C)CC3)CC2)cn1)C(=O)NC=O. The number of ether oxygens (including phenoxy) is 1. The third-order valence-electron chi connectivity index (χ3n) is 7.14. The highest BCUT2D eigenvalue weighted by Gasteiger charge is 2.32. The van der Waals surface area contributed by atoms with Crippen LogP contribution in [0.15, 0.2) is 18.3 Å². The summed E-state index contributed by atoms with van der Waals surface area (Å²) in [5, 5.41) is 4.76. The molecule has 2 saturated heterocycles. The number of pyridine rings is 1. The van der Waals surface area contributed by atoms with Crippen LogP contribution in [-0.2, 0) is 14.3 Å². The van der Waals surface area contributed by atoms with Gasteiger partial charge >= 0.3 is 6.09 Å². The largest absolute Gasteiger partial charge is 0.444 e. The van der Waals surface area contributed by atoms with E-state index in [1.165, 1.54) is 0 Å². The number of hydrogen-bond donors (Lipinski definition) is 2. The second kappa shape index (κ2) is 12.9. The topological polar surface area (TPSA) is 121 Å². The Balaban J connectivity index is 1.47. The second-order valence-electron chi connectivity index (χ2n) is 11.0. The van der Waals surface area contributed by atoms with Crippen molar-refractivity contribution in [3.63, 3.8) is 0 Å². The van der Waals surface area contributed by atoms with Gasteiger partial charge in [0.15, 0.2) is 0 Å². The highest BCUT2D eigenvalue weighted by molar-refractivity contribution is 5.98. The molecule has 0 saturated carbocycles. The number of aromatic nitrogens is 1. The Kier molecular flexibility index (Phi) is 9.88. The van der Waals surface area contributed by atoms with Crippen LogP contribution in [0, 0.1) is 11.8 Å². The first-order valence-electron chi connectivity index (χ1n) is 13.3. The molecular weight excluding hydrogens is 474 g/mol. The maximum Gasteiger partial charge on any atom is 0.410 e. The van der Waals surface area contributed by atoms with Crippen LogP contribution < -0.4 is 15.5 Å². The fourth-order valence-corrected chi connectivity index (χ4v) is 5.16. The highest BCUT2D eigenvalue weighted by Crippen LogP contribution is 2.34. The van der Waals surface area contributed by atoms with Gasteiger partial charge in [0.1, 0.15) is 17.3 Å². The standard InChI is InChI=1S/C27H41N5O5/c1-5-6-23(24(34)29-18-33)30-25(35)22-8-7-21(17-28-22)31-13-9-19(10-14-31)20-11-15-32(16-12-20)26(36)37-27(2,3)4/h7-8,17-20,23H,5-6,9-16H2,1-4H3,(H,30,35)(H,29,33,34). The summed E-state index contributed by atoms with van der Waals surface area (Å²) in [4.78, 5) is 55.9. The van der Waals surface area contributed by atoms with Crippen molar-refractivity contribution in [3.8, 4) is 0 Å². The second-order valence-corrected chi connectivity index (χ2v) is 11.0. The molecule has 1 aromatic heterocycles. The number of likely N-dealkylation sites (tertiary alicyclic amines) is 1. The van der Waals surface area contributed by atoms with Crippen LogP contribution in [0.1, 0.15) is 76.7 Å². The molecule has 0 aliphatic carbocycles. The van der Waals surface area contributed by atoms with E-state index < -0.39 is 23.5 Å². The van der Waals surface area contributed by atoms with Crippen molar-refractivity contribution in [1.29, 1.82) is 0 Å². The monoisotopic (exact) mass is 515 g/mol. The lowest BCUT2D eigenvalue weighted by atomic mass is 9.79. The lowest BCUT2D eigenvalue weighted by Crippen LogP contribution is -2.46. The van der Waals surface area contributed by atoms with E-state index >= 15 is 0 Å². The van der Waals surface area contributed by atoms with Gasteiger partial charge in [0.2, 0.25) is 12.3 Å². The van der Waals surface area contributed by atoms with Crippen LogP contribution >= 0.6 is 0 Å². The van der Waals surface area contributed by atoms with Crippen molar-refractivity contribution in [2.24, 2.45) is 11.8 Å². The molecule has 4 amide bonds. The summed E-state index contributed by atoms with van der Waals surface area (Å²) in [6.07, 6.45) is 7.12. The zero-order valence-corrected chi connectivity index (χ0v) is 22.5. The molecule has 0 bridgehead atoms. The van der Waals surface area contributed by atoms with E-state index in [1.54, 1.807) is 12.3 Å². The number of rotatable bonds is 8. The summed E-state index contributed by atoms with van der Waals surface area (Å²) in [5.74, 6) is 0.295. The van der Waals surface area contributed by atoms with E-state index in [0.29, 0.717) is 31.1 Å². The molecule has 2 fully saturated rings. The van der Waals surface area contributed by atoms with E-state index in [2.05, 4.69) is 20.5 Å². The van der Waals surface area contributed by atoms with Gasteiger partial charge in [-0.25, -0.2) is 9.78 Å². The first-order valence-corrected chi connectivity index (χ1v) is 13.3. The normalized spacial score (nSPS) is 18.2. The van der Waals surface area contributed by atoms with Crippen molar-refractivity contribution in [2.75, 3.05) is 31.1 Å². The summed E-state index contributed by atoms with van der Waals surface area (Å²) < 4.78 is 5.51. The van der Waals surface area contributed by atoms with Crippen LogP contribution in [0.3, 0.4) is 0 Å². The molecule has 10 heteroatoms. The molecule has 2 N–H and O–H groups in total. The minimum atomic E-state index is -0.779. The van der Waals surface area contributed by atoms with E-state index in [-0.39, 0.29) is 11.8 Å². The van der Waals surface area contributed by atoms with Crippen LogP contribution in [0.4, 0.5) is 10.5 Å². The summed E-state index contributed by atoms with van der Waals surface area (Å²) >= 11 is 0. The number of amides is 4. The van der Waals surface area contributed by atoms with Gasteiger partial charge < -0.3 is 19.9 Å². The van der Waals surface area contributed by atoms with Gasteiger partial charge in [-0.1, -0.05) is 13.3 Å². The van der Waals surface area contributed by atoms with Gasteiger partial charge in [-0.3, -0.25) is 19.7 Å². The lowest BCUT2D eigenvalue weighted by Gasteiger charge is -2.41. The van der Waals surface area contributed by atoms with Crippen molar-refractivity contribution in [1.82, 2.24) is 20.5 Å². The van der Waals surface area contributed by atoms with E-state index in [9.17, 15) is 19.2 Å². The van der Waals surface area contributed by atoms with E-state index in [4.69, 9.17) is 4.74 Å². The van der Waals surface area contributed by atoms with Crippen molar-refractivity contribution in [3.05, 3.63) is 24.0 Å². The molecule has 204 valence electrons. The molecule has 3 rings (SSSR count). The molecule has 2 aliphatic rings. The predicted molar refractivity (Wildman–Crippen MR) is 140 cm³/mol. The number of nitrogens with zero attached hydrogens (tertiary/aromatic N) is 3. The minimum Gasteiger partial charge on any atom is -0.444 e. The van der Waals surface area contributed by atoms with Crippen LogP contribution in [-0.4, -0.2) is 72.0 Å². The molecule has 0 spiro atoms. The molecule has 37 heavy (non-hydrogen) atoms. The number of hydrogen-bond acceptors (Lipinski definition) is 7. The molecule has 1 atom stereocenters. The van der Waals surface area contributed by atoms with Gasteiger partial charge in [-0.05, 0) is 76.8 Å². The summed E-state index contributed by atoms with van der Waals surface area (Å²) in [6, 6.07) is 2.78. The number of carbonyl (C=O) groups is 4. The Morgan fingerprint density at radius 1 is 1.08 bits per heavy atom. The van der Waals surface area contributed by atoms with Gasteiger partial charge in [0.05, 0.1) is 11.9 Å². The van der Waals surface area contributed by atoms with Crippen molar-refractivity contribution in [2.45, 2.75) is 77.9 Å². The van der Waals surface area contributed by atoms with E-state index in [1.807, 2.05) is 38.7 Å². The van der Waals surface area contributed by atoms with E-state index in [0.717, 1.165) is 57.5 Å². The average molecular weight is 516 g/mol. The maximum atomic E-state index is 12.6. The van der Waals surface area contributed by atoms with Crippen LogP contribution in [0.5, 0.6) is 0 Å². The first-order chi connectivity index (χ1) is 17.6. The maximum absolute atomic E-state index is 12.6. The quantitative estimate of drug-likeness (QED) is 0.510. The summed E-state index contributed by atoms with van der Waals surface area (Å²) in [5.41, 5.74) is 0.733. The first kappa shape index (κ1) is 28.4. The average Bonchev–Trinajstić information content (AvgIpc) is 2.88. The van der Waals surface area contributed by atoms with Gasteiger partial charge in [0, 0.05) is 26.2 Å². The molecular formula is C27H41N5O5. The molecule has 3 heterocycles. The molecule has 10 nitrogen and oxygen atoms in total. The Morgan fingerprint density at radius 3 is 2.22 bits per heavy atom. The third-order valence-corrected chi connectivity index (χ3v) is 7.14. The molecule has 2 aliphatic heterocycles. The fourth-order valence-electron chi connectivity index (χ4n) is 5.16. The lowest BCUT2D eigenvalue weighted by molar-refractivity contribution is -0.126. The Labute approximate surface area is 219 Å². The summed E-state index contributed by atoms with van der Waals surface area (Å²) in [7, 11) is 0. The Bertz CT molecular complexity index is 930. The fraction of sp³-hybridized carbons (Fsp3) is 0.667. The molecule has 0 aromatic carbocycles. The summed E-state index contributed by atoms with van der Waals surface area (Å²) in [6.45, 7) is 10.9. The van der Waals surface area contributed by atoms with Gasteiger partial charge in [0.25, 0.3) is 5.91 Å². The van der Waals surface area contributed by atoms with Gasteiger partial charge in [-0.2, -0.15) is 0 Å². The van der Waals surface area contributed by atoms with Crippen LogP contribution in [0.25, 0.3) is 0 Å². The van der Waals surface area contributed by atoms with Crippen molar-refractivity contribution < 1.29 is 23.9 Å². The molecule has 1 unspecified atom stereocenters. The Morgan fingerprint density at radius 2 is 1.70 bits per heavy atom. The number of carbonyl (C=O) groups excluding carboxylic acids is 4. The van der Waals surface area contributed by atoms with Crippen molar-refractivity contribution >= 4 is 30.0 Å². The third kappa shape index (κ3) is 8.16. The number of piperidine rings is 2. The minimum absolute atomic E-state index is 0.212. The Hall–Kier alpha value is -3.17. The number of imide groups is 1. The number of nitrogens with one attached hydrogen (secondary N) is 2. The smallest absolute Gasteiger partial charge is 0.410 e. The zero-order chi connectivity index (χ0) is 27.0. The molecule has 1 aromatic rings. The number of anilines is 1. The van der Waals surface area contributed by atoms with Crippen LogP contribution in [0.2, 0.25) is 0 Å². The molecule has 0 radical (unpaired) electrons. The predicted octanol–water partition coefficient (Wildman–Crippen LogP) is 3.12. The highest BCUT2D eigenvalue weighted by atomic mass is 16.6. The van der Waals surface area contributed by atoms with Gasteiger partial charge in [-0.15, -0.1) is 0 Å².